The summed E-state index contributed by atoms with van der Waals surface area (Å²) in [6.07, 6.45) is 5.46. The predicted octanol–water partition coefficient (Wildman–Crippen LogP) is 3.40. The number of rotatable bonds is 3. The van der Waals surface area contributed by atoms with Crippen molar-refractivity contribution >= 4 is 32.2 Å². The van der Waals surface area contributed by atoms with Crippen LogP contribution in [0.4, 0.5) is 20.3 Å². The Morgan fingerprint density at radius 3 is 2.69 bits per heavy atom. The van der Waals surface area contributed by atoms with Crippen LogP contribution in [-0.4, -0.2) is 29.2 Å². The molecule has 164 valence electrons. The third-order valence-corrected chi connectivity index (χ3v) is 6.39. The Balaban J connectivity index is 1.84. The smallest absolute Gasteiger partial charge is 0.274 e. The first-order chi connectivity index (χ1) is 15.1. The van der Waals surface area contributed by atoms with Crippen molar-refractivity contribution in [2.45, 2.75) is 12.3 Å². The molecule has 10 heteroatoms. The highest BCUT2D eigenvalue weighted by molar-refractivity contribution is 7.89. The summed E-state index contributed by atoms with van der Waals surface area (Å²) in [5.74, 6) is -1.86. The molecular weight excluding hydrogens is 438 g/mol. The van der Waals surface area contributed by atoms with Crippen LogP contribution in [0.5, 0.6) is 0 Å². The fourth-order valence-electron chi connectivity index (χ4n) is 4.24. The van der Waals surface area contributed by atoms with Crippen LogP contribution in [0.2, 0.25) is 0 Å². The van der Waals surface area contributed by atoms with Gasteiger partial charge < -0.3 is 14.5 Å². The summed E-state index contributed by atoms with van der Waals surface area (Å²) in [7, 11) is -1.67. The van der Waals surface area contributed by atoms with Gasteiger partial charge in [-0.15, -0.1) is 0 Å². The second-order valence-corrected chi connectivity index (χ2v) is 10.1. The van der Waals surface area contributed by atoms with E-state index in [0.717, 1.165) is 24.1 Å². The summed E-state index contributed by atoms with van der Waals surface area (Å²) >= 11 is 0. The molecule has 0 saturated carbocycles. The Kier molecular flexibility index (Phi) is 4.45. The molecular formula is C22H18F2N4O3S. The third kappa shape index (κ3) is 3.27. The van der Waals surface area contributed by atoms with Crippen molar-refractivity contribution in [2.75, 3.05) is 11.2 Å². The van der Waals surface area contributed by atoms with Crippen molar-refractivity contribution in [1.82, 2.24) is 14.5 Å². The van der Waals surface area contributed by atoms with E-state index in [1.54, 1.807) is 42.5 Å². The van der Waals surface area contributed by atoms with Crippen LogP contribution in [0, 0.1) is 11.6 Å². The molecule has 5 rings (SSSR count). The van der Waals surface area contributed by atoms with Crippen LogP contribution in [0.1, 0.15) is 11.1 Å². The second-order valence-electron chi connectivity index (χ2n) is 7.99. The number of aryl methyl sites for hydroxylation is 1. The van der Waals surface area contributed by atoms with Crippen molar-refractivity contribution < 1.29 is 17.2 Å². The Bertz CT molecular complexity index is 1570. The maximum atomic E-state index is 14.8. The van der Waals surface area contributed by atoms with Gasteiger partial charge in [0.2, 0.25) is 0 Å². The molecule has 0 aliphatic carbocycles. The lowest BCUT2D eigenvalue weighted by Gasteiger charge is -2.25. The van der Waals surface area contributed by atoms with Gasteiger partial charge in [-0.05, 0) is 23.3 Å². The quantitative estimate of drug-likeness (QED) is 0.511. The number of H-pyrrole nitrogens is 1. The molecule has 1 aliphatic heterocycles. The summed E-state index contributed by atoms with van der Waals surface area (Å²) in [4.78, 5) is 21.3. The van der Waals surface area contributed by atoms with Gasteiger partial charge in [0, 0.05) is 48.3 Å². The zero-order valence-corrected chi connectivity index (χ0v) is 18.0. The number of pyridine rings is 2. The molecule has 0 fully saturated rings. The van der Waals surface area contributed by atoms with E-state index in [-0.39, 0.29) is 23.7 Å². The van der Waals surface area contributed by atoms with E-state index in [2.05, 4.69) is 9.97 Å². The van der Waals surface area contributed by atoms with Crippen LogP contribution in [-0.2, 0) is 29.2 Å². The van der Waals surface area contributed by atoms with E-state index in [9.17, 15) is 22.0 Å². The predicted molar refractivity (Wildman–Crippen MR) is 118 cm³/mol. The number of aromatic nitrogens is 3. The molecule has 7 nitrogen and oxygen atoms in total. The van der Waals surface area contributed by atoms with Gasteiger partial charge in [0.1, 0.15) is 11.3 Å². The molecule has 4 heterocycles. The van der Waals surface area contributed by atoms with Gasteiger partial charge in [0.05, 0.1) is 24.2 Å². The van der Waals surface area contributed by atoms with Crippen molar-refractivity contribution in [2.24, 2.45) is 7.05 Å². The van der Waals surface area contributed by atoms with E-state index in [1.807, 2.05) is 0 Å². The largest absolute Gasteiger partial charge is 0.356 e. The molecule has 1 N–H and O–H groups in total. The van der Waals surface area contributed by atoms with Gasteiger partial charge in [0.25, 0.3) is 5.56 Å². The topological polar surface area (TPSA) is 88.1 Å². The number of sulfone groups is 1. The van der Waals surface area contributed by atoms with Gasteiger partial charge >= 0.3 is 0 Å². The molecule has 0 amide bonds. The minimum atomic E-state index is -3.30. The average Bonchev–Trinajstić information content (AvgIpc) is 3.07. The standard InChI is InChI=1S/C22H18F2N4O3S/c1-27-10-16-15-5-12(11-32(2,30)31)3-4-18(15)28(21-17(24)6-14(23)8-26-21)9-13-7-25-20(19(13)16)22(27)29/h3-8,10,25H,9,11H2,1-2H3. The Labute approximate surface area is 181 Å². The van der Waals surface area contributed by atoms with Gasteiger partial charge in [-0.25, -0.2) is 22.2 Å². The lowest BCUT2D eigenvalue weighted by atomic mass is 9.99. The van der Waals surface area contributed by atoms with Gasteiger partial charge in [-0.2, -0.15) is 0 Å². The van der Waals surface area contributed by atoms with Gasteiger partial charge in [0.15, 0.2) is 21.5 Å². The number of halogens is 2. The fourth-order valence-corrected chi connectivity index (χ4v) is 5.02. The highest BCUT2D eigenvalue weighted by Crippen LogP contribution is 2.43. The third-order valence-electron chi connectivity index (χ3n) is 5.53. The van der Waals surface area contributed by atoms with E-state index in [0.29, 0.717) is 33.3 Å². The molecule has 1 aliphatic rings. The first kappa shape index (κ1) is 20.4. The van der Waals surface area contributed by atoms with E-state index >= 15 is 0 Å². The number of hydrogen-bond donors (Lipinski definition) is 1. The number of aromatic amines is 1. The zero-order chi connectivity index (χ0) is 22.8. The lowest BCUT2D eigenvalue weighted by Crippen LogP contribution is -2.19. The molecule has 0 atom stereocenters. The molecule has 1 aromatic carbocycles. The molecule has 0 unspecified atom stereocenters. The average molecular weight is 456 g/mol. The fraction of sp³-hybridized carbons (Fsp3) is 0.182. The van der Waals surface area contributed by atoms with Crippen LogP contribution in [0.15, 0.2) is 47.7 Å². The number of fused-ring (bicyclic) bond motifs is 2. The Morgan fingerprint density at radius 2 is 1.97 bits per heavy atom. The lowest BCUT2D eigenvalue weighted by molar-refractivity contribution is 0.571. The van der Waals surface area contributed by atoms with Gasteiger partial charge in [-0.3, -0.25) is 4.79 Å². The Hall–Kier alpha value is -3.53. The SMILES string of the molecule is Cn1cc2c3c(c[nH]c3c1=O)CN(c1ncc(F)cc1F)c1ccc(CS(C)(=O)=O)cc1-2. The van der Waals surface area contributed by atoms with E-state index in [4.69, 9.17) is 0 Å². The van der Waals surface area contributed by atoms with Crippen molar-refractivity contribution in [3.05, 3.63) is 76.0 Å². The maximum Gasteiger partial charge on any atom is 0.274 e. The first-order valence-corrected chi connectivity index (χ1v) is 11.8. The first-order valence-electron chi connectivity index (χ1n) is 9.71. The van der Waals surface area contributed by atoms with Crippen LogP contribution < -0.4 is 10.5 Å². The summed E-state index contributed by atoms with van der Waals surface area (Å²) in [6, 6.07) is 5.86. The van der Waals surface area contributed by atoms with Crippen molar-refractivity contribution in [3.8, 4) is 11.1 Å². The number of nitrogens with one attached hydrogen (secondary N) is 1. The van der Waals surface area contributed by atoms with Gasteiger partial charge in [-0.1, -0.05) is 6.07 Å². The van der Waals surface area contributed by atoms with Crippen LogP contribution >= 0.6 is 0 Å². The van der Waals surface area contributed by atoms with Crippen LogP contribution in [0.25, 0.3) is 22.0 Å². The Morgan fingerprint density at radius 1 is 1.19 bits per heavy atom. The summed E-state index contributed by atoms with van der Waals surface area (Å²) in [5.41, 5.74) is 3.36. The van der Waals surface area contributed by atoms with Crippen molar-refractivity contribution in [1.29, 1.82) is 0 Å². The summed E-state index contributed by atoms with van der Waals surface area (Å²) in [5, 5.41) is 0.677. The van der Waals surface area contributed by atoms with E-state index in [1.165, 1.54) is 4.57 Å². The number of anilines is 2. The number of nitrogens with zero attached hydrogens (tertiary/aromatic N) is 3. The monoisotopic (exact) mass is 456 g/mol. The molecule has 0 saturated heterocycles. The maximum absolute atomic E-state index is 14.8. The minimum absolute atomic E-state index is 0.0719. The number of hydrogen-bond acceptors (Lipinski definition) is 5. The molecule has 4 aromatic rings. The number of benzene rings is 1. The molecule has 0 radical (unpaired) electrons. The molecule has 0 bridgehead atoms. The molecule has 0 spiro atoms. The molecule has 3 aromatic heterocycles. The minimum Gasteiger partial charge on any atom is -0.356 e. The summed E-state index contributed by atoms with van der Waals surface area (Å²) in [6.45, 7) is 0.175. The second kappa shape index (κ2) is 6.99. The van der Waals surface area contributed by atoms with E-state index < -0.39 is 21.5 Å². The highest BCUT2D eigenvalue weighted by Gasteiger charge is 2.28. The zero-order valence-electron chi connectivity index (χ0n) is 17.2. The van der Waals surface area contributed by atoms with Crippen LogP contribution in [0.3, 0.4) is 0 Å². The molecule has 32 heavy (non-hydrogen) atoms. The highest BCUT2D eigenvalue weighted by atomic mass is 32.2. The van der Waals surface area contributed by atoms with Crippen molar-refractivity contribution in [3.63, 3.8) is 0 Å². The summed E-state index contributed by atoms with van der Waals surface area (Å²) < 4.78 is 53.5. The normalized spacial score (nSPS) is 13.3.